The van der Waals surface area contributed by atoms with Crippen LogP contribution in [0.15, 0.2) is 194 Å². The van der Waals surface area contributed by atoms with Gasteiger partial charge in [-0.2, -0.15) is 0 Å². The van der Waals surface area contributed by atoms with E-state index < -0.39 is 125 Å². The van der Waals surface area contributed by atoms with E-state index in [-0.39, 0.29) is 173 Å². The molecule has 8 aromatic carbocycles. The maximum atomic E-state index is 14.7. The van der Waals surface area contributed by atoms with Crippen LogP contribution in [0.2, 0.25) is 0 Å². The second-order valence-corrected chi connectivity index (χ2v) is 26.9. The van der Waals surface area contributed by atoms with E-state index in [9.17, 15) is 81.5 Å². The summed E-state index contributed by atoms with van der Waals surface area (Å²) in [5.41, 5.74) is -1.96. The summed E-state index contributed by atoms with van der Waals surface area (Å²) in [7, 11) is 1.29. The van der Waals surface area contributed by atoms with Crippen molar-refractivity contribution in [3.05, 3.63) is 278 Å². The van der Waals surface area contributed by atoms with Crippen LogP contribution in [-0.4, -0.2) is 138 Å². The van der Waals surface area contributed by atoms with Gasteiger partial charge in [0.15, 0.2) is 28.9 Å². The zero-order valence-corrected chi connectivity index (χ0v) is 62.4. The number of fused-ring (bicyclic) bond motifs is 4. The Morgan fingerprint density at radius 3 is 0.870 bits per heavy atom. The van der Waals surface area contributed by atoms with E-state index in [0.717, 1.165) is 21.9 Å². The van der Waals surface area contributed by atoms with Crippen molar-refractivity contribution in [1.82, 2.24) is 4.90 Å². The molecule has 0 fully saturated rings. The molecule has 0 spiro atoms. The molecule has 0 atom stereocenters. The molecule has 0 bridgehead atoms. The Balaban J connectivity index is 0.797. The first-order chi connectivity index (χ1) is 54.7. The van der Waals surface area contributed by atoms with Crippen molar-refractivity contribution in [2.45, 2.75) is 60.3 Å². The molecule has 12 rings (SSSR count). The van der Waals surface area contributed by atoms with Crippen molar-refractivity contribution in [3.63, 3.8) is 0 Å². The number of Topliss-reactive ketones (excluding diaryl/α,β-unsaturated/α-hetero) is 4. The number of rotatable bonds is 31. The third-order valence-electron chi connectivity index (χ3n) is 18.8. The average molecular weight is 1550 g/mol. The van der Waals surface area contributed by atoms with Crippen LogP contribution in [0, 0.1) is 6.92 Å². The summed E-state index contributed by atoms with van der Waals surface area (Å²) in [6.07, 6.45) is -0.953. The van der Waals surface area contributed by atoms with Gasteiger partial charge >= 0.3 is 23.9 Å². The molecule has 28 nitrogen and oxygen atoms in total. The summed E-state index contributed by atoms with van der Waals surface area (Å²) in [6, 6.07) is 30.5. The number of hydrogen-bond donors (Lipinski definition) is 0. The van der Waals surface area contributed by atoms with Crippen LogP contribution in [0.4, 0.5) is 17.1 Å². The number of hydrogen-bond acceptors (Lipinski definition) is 24. The maximum absolute atomic E-state index is 14.7. The van der Waals surface area contributed by atoms with E-state index in [0.29, 0.717) is 20.9 Å². The molecule has 4 aliphatic rings. The zero-order valence-electron chi connectivity index (χ0n) is 62.4. The van der Waals surface area contributed by atoms with Gasteiger partial charge in [0.25, 0.3) is 47.3 Å². The maximum Gasteiger partial charge on any atom is 0.340 e. The average Bonchev–Trinajstić information content (AvgIpc) is 1.61. The van der Waals surface area contributed by atoms with Crippen molar-refractivity contribution in [1.29, 1.82) is 0 Å². The second-order valence-electron chi connectivity index (χ2n) is 26.9. The molecule has 8 aromatic rings. The molecule has 0 unspecified atom stereocenters. The number of ether oxygens (including phenoxy) is 7. The number of carbonyl (C=O) groups excluding carboxylic acids is 17. The Labute approximate surface area is 654 Å². The number of ketones is 5. The van der Waals surface area contributed by atoms with Gasteiger partial charge in [-0.25, -0.2) is 33.9 Å². The summed E-state index contributed by atoms with van der Waals surface area (Å²) in [4.78, 5) is 235. The van der Waals surface area contributed by atoms with Gasteiger partial charge in [-0.15, -0.1) is 0 Å². The van der Waals surface area contributed by atoms with Crippen molar-refractivity contribution in [3.8, 4) is 34.5 Å². The number of esters is 4. The van der Waals surface area contributed by atoms with E-state index in [1.165, 1.54) is 162 Å². The molecule has 0 N–H and O–H groups in total. The Kier molecular flexibility index (Phi) is 22.4. The molecule has 8 amide bonds. The van der Waals surface area contributed by atoms with Gasteiger partial charge in [0.05, 0.1) is 110 Å². The number of benzene rings is 8. The Morgan fingerprint density at radius 1 is 0.296 bits per heavy atom. The van der Waals surface area contributed by atoms with E-state index >= 15 is 0 Å². The molecule has 0 radical (unpaired) electrons. The highest BCUT2D eigenvalue weighted by atomic mass is 16.5. The van der Waals surface area contributed by atoms with Crippen LogP contribution >= 0.6 is 0 Å². The number of allylic oxidation sites excluding steroid dienone is 4. The molecule has 578 valence electrons. The molecule has 0 saturated heterocycles. The minimum absolute atomic E-state index is 0.00184. The molecule has 28 heteroatoms. The highest BCUT2D eigenvalue weighted by molar-refractivity contribution is 6.38. The summed E-state index contributed by atoms with van der Waals surface area (Å²) >= 11 is 0. The molecule has 4 aliphatic heterocycles. The summed E-state index contributed by atoms with van der Waals surface area (Å²) in [5.74, 6) is -13.7. The number of anilines is 3. The monoisotopic (exact) mass is 1550 g/mol. The summed E-state index contributed by atoms with van der Waals surface area (Å²) in [5, 5.41) is 0. The van der Waals surface area contributed by atoms with Crippen LogP contribution in [0.3, 0.4) is 0 Å². The third kappa shape index (κ3) is 16.0. The molecular formula is C87H66N4O24. The van der Waals surface area contributed by atoms with Gasteiger partial charge in [-0.1, -0.05) is 44.5 Å². The third-order valence-corrected chi connectivity index (χ3v) is 18.8. The quantitative estimate of drug-likeness (QED) is 0.0128. The number of carbonyl (C=O) groups is 17. The zero-order chi connectivity index (χ0) is 82.9. The highest BCUT2D eigenvalue weighted by Gasteiger charge is 2.44. The van der Waals surface area contributed by atoms with E-state index in [4.69, 9.17) is 33.2 Å². The molecule has 115 heavy (non-hydrogen) atoms. The lowest BCUT2D eigenvalue weighted by Gasteiger charge is -2.20. The Morgan fingerprint density at radius 2 is 0.539 bits per heavy atom. The molecule has 0 aliphatic carbocycles. The number of amides is 8. The standard InChI is InChI=1S/C87H66N4O24/c1-43(2)71(92)27-31-109-84(105)60-37-50(14-11-47(60)9)113-53-17-25-69(66(40-53)86(107)111-33-29-73(94)45(5)6)90-79(100)58-22-15-51(38-63(58)82(90)103)114-52-16-23-59-64(39-52)83(104)91(80(59)101)70-26-19-55(42-67(70)87(108)112-34-30-74(95)46(7)8)115-54-18-24-68(65(41-54)85(106)110-32-28-72(93)44(3)4)89-78(99)57-21-13-49(36-62(57)81(89)102)75(96)48-12-20-56-61(35-48)77(98)88(10)76(56)97/h11-26,35-42H,1,3,5,7,27-34H2,2,4,6,8-10H3. The molecular weight excluding hydrogens is 1480 g/mol. The highest BCUT2D eigenvalue weighted by Crippen LogP contribution is 2.42. The van der Waals surface area contributed by atoms with Gasteiger partial charge < -0.3 is 33.2 Å². The summed E-state index contributed by atoms with van der Waals surface area (Å²) < 4.78 is 40.4. The summed E-state index contributed by atoms with van der Waals surface area (Å²) in [6.45, 7) is 20.4. The van der Waals surface area contributed by atoms with Crippen molar-refractivity contribution in [2.24, 2.45) is 0 Å². The lowest BCUT2D eigenvalue weighted by molar-refractivity contribution is -0.117. The molecule has 4 heterocycles. The second kappa shape index (κ2) is 32.5. The van der Waals surface area contributed by atoms with Crippen LogP contribution in [0.5, 0.6) is 34.5 Å². The van der Waals surface area contributed by atoms with Gasteiger partial charge in [-0.3, -0.25) is 67.2 Å². The number of aryl methyl sites for hydroxylation is 1. The first-order valence-corrected chi connectivity index (χ1v) is 35.3. The minimum Gasteiger partial charge on any atom is -0.462 e. The predicted octanol–water partition coefficient (Wildman–Crippen LogP) is 13.0. The Bertz CT molecular complexity index is 5820. The van der Waals surface area contributed by atoms with Crippen molar-refractivity contribution >= 4 is 117 Å². The van der Waals surface area contributed by atoms with Gasteiger partial charge in [-0.05, 0) is 190 Å². The molecule has 0 saturated carbocycles. The van der Waals surface area contributed by atoms with E-state index in [1.807, 2.05) is 0 Å². The Hall–Kier alpha value is -15.1. The predicted molar refractivity (Wildman–Crippen MR) is 409 cm³/mol. The normalized spacial score (nSPS) is 13.1. The van der Waals surface area contributed by atoms with E-state index in [2.05, 4.69) is 26.3 Å². The van der Waals surface area contributed by atoms with Crippen LogP contribution in [0.25, 0.3) is 0 Å². The van der Waals surface area contributed by atoms with Crippen molar-refractivity contribution < 1.29 is 115 Å². The lowest BCUT2D eigenvalue weighted by Crippen LogP contribution is -2.31. The first kappa shape index (κ1) is 79.5. The molecule has 0 aromatic heterocycles. The van der Waals surface area contributed by atoms with Crippen LogP contribution in [-0.2, 0) is 38.1 Å². The minimum atomic E-state index is -1.17. The number of imide groups is 4. The van der Waals surface area contributed by atoms with Gasteiger partial charge in [0, 0.05) is 43.9 Å². The van der Waals surface area contributed by atoms with Crippen LogP contribution < -0.4 is 28.9 Å². The topological polar surface area (TPSA) is 368 Å². The SMILES string of the molecule is C=C(C)C(=O)CCOC(=O)c1cc(Oc2ccc(N3C(=O)c4ccc(Oc5ccc6c(c5)C(=O)N(c5ccc(Oc7ccc(N8C(=O)c9ccc(C(=O)c%10ccc%11c(c%10)C(=O)N(C)C%11=O)cc9C8=O)c(C(=O)OCCC(=O)C(=C)C)c7)cc5C(=O)OCCC(=O)C(=C)C)C6=O)cc4C3=O)c(C(=O)OCCC(=O)C(=C)C)c2)ccc1C. The number of nitrogens with zero attached hydrogens (tertiary/aromatic N) is 4. The first-order valence-electron chi connectivity index (χ1n) is 35.3. The van der Waals surface area contributed by atoms with Crippen molar-refractivity contribution in [2.75, 3.05) is 48.2 Å². The van der Waals surface area contributed by atoms with E-state index in [1.54, 1.807) is 13.0 Å². The fourth-order valence-corrected chi connectivity index (χ4v) is 12.5. The van der Waals surface area contributed by atoms with Gasteiger partial charge in [0.2, 0.25) is 0 Å². The van der Waals surface area contributed by atoms with Crippen LogP contribution in [0.1, 0.15) is 199 Å². The fraction of sp³-hybridized carbons (Fsp3) is 0.161. The largest absolute Gasteiger partial charge is 0.462 e. The van der Waals surface area contributed by atoms with Gasteiger partial charge in [0.1, 0.15) is 34.5 Å². The smallest absolute Gasteiger partial charge is 0.340 e. The fourth-order valence-electron chi connectivity index (χ4n) is 12.5. The lowest BCUT2D eigenvalue weighted by atomic mass is 9.96.